The van der Waals surface area contributed by atoms with Crippen LogP contribution in [-0.2, 0) is 0 Å². The molecule has 0 amide bonds. The quantitative estimate of drug-likeness (QED) is 0.360. The average Bonchev–Trinajstić information content (AvgIpc) is 2.60. The average molecular weight is 386 g/mol. The van der Waals surface area contributed by atoms with E-state index in [9.17, 15) is 20.2 Å². The van der Waals surface area contributed by atoms with Crippen molar-refractivity contribution >= 4 is 67.0 Å². The Labute approximate surface area is 115 Å². The normalized spacial score (nSPS) is 13.2. The highest BCUT2D eigenvalue weighted by molar-refractivity contribution is 9.12. The number of hydrogen-bond acceptors (Lipinski definition) is 7. The number of nitro benzene ring substituents is 2. The van der Waals surface area contributed by atoms with Gasteiger partial charge >= 0.3 is 11.4 Å². The zero-order chi connectivity index (χ0) is 12.7. The first-order valence-electron chi connectivity index (χ1n) is 3.97. The first kappa shape index (κ1) is 12.4. The molecule has 1 aliphatic rings. The van der Waals surface area contributed by atoms with Gasteiger partial charge in [0.15, 0.2) is 0 Å². The van der Waals surface area contributed by atoms with Crippen molar-refractivity contribution in [3.8, 4) is 0 Å². The predicted octanol–water partition coefficient (Wildman–Crippen LogP) is 3.37. The van der Waals surface area contributed by atoms with Crippen LogP contribution in [0, 0.1) is 20.2 Å². The number of nitrogens with zero attached hydrogens (tertiary/aromatic N) is 3. The van der Waals surface area contributed by atoms with Crippen molar-refractivity contribution in [2.24, 2.45) is 0 Å². The van der Waals surface area contributed by atoms with Gasteiger partial charge in [0, 0.05) is 0 Å². The molecule has 0 saturated carbocycles. The highest BCUT2D eigenvalue weighted by atomic mass is 79.9. The van der Waals surface area contributed by atoms with Gasteiger partial charge in [-0.05, 0) is 15.9 Å². The first-order chi connectivity index (χ1) is 7.93. The molecule has 1 N–H and O–H groups in total. The molecule has 90 valence electrons. The molecule has 17 heavy (non-hydrogen) atoms. The molecular formula is C6H2Br2N4O4S. The van der Waals surface area contributed by atoms with Crippen LogP contribution in [0.3, 0.4) is 0 Å². The number of fused-ring (bicyclic) bond motifs is 1. The summed E-state index contributed by atoms with van der Waals surface area (Å²) >= 11 is 7.25. The fourth-order valence-electron chi connectivity index (χ4n) is 1.30. The van der Waals surface area contributed by atoms with Gasteiger partial charge in [-0.25, -0.2) is 3.33 Å². The van der Waals surface area contributed by atoms with Gasteiger partial charge in [-0.15, -0.1) is 0 Å². The second-order valence-corrected chi connectivity index (χ2v) is 5.63. The zero-order valence-corrected chi connectivity index (χ0v) is 11.7. The van der Waals surface area contributed by atoms with Crippen LogP contribution in [-0.4, -0.2) is 9.85 Å². The van der Waals surface area contributed by atoms with Crippen molar-refractivity contribution < 1.29 is 9.85 Å². The van der Waals surface area contributed by atoms with Crippen LogP contribution >= 0.6 is 44.2 Å². The molecule has 1 heterocycles. The SMILES string of the molecule is O=[N+]([O-])c1cc2c(c(Br)c1[N+](=O)[O-])NSN2Br. The Morgan fingerprint density at radius 2 is 2.00 bits per heavy atom. The summed E-state index contributed by atoms with van der Waals surface area (Å²) in [4.78, 5) is 20.1. The summed E-state index contributed by atoms with van der Waals surface area (Å²) in [7, 11) is 0. The van der Waals surface area contributed by atoms with Crippen molar-refractivity contribution in [3.05, 3.63) is 30.8 Å². The van der Waals surface area contributed by atoms with Crippen molar-refractivity contribution in [2.75, 3.05) is 8.05 Å². The van der Waals surface area contributed by atoms with Gasteiger partial charge in [-0.3, -0.25) is 20.2 Å². The van der Waals surface area contributed by atoms with Gasteiger partial charge < -0.3 is 4.72 Å². The molecule has 0 fully saturated rings. The third kappa shape index (κ3) is 1.93. The molecule has 0 bridgehead atoms. The molecule has 2 rings (SSSR count). The fraction of sp³-hybridized carbons (Fsp3) is 0. The summed E-state index contributed by atoms with van der Waals surface area (Å²) < 4.78 is 4.32. The summed E-state index contributed by atoms with van der Waals surface area (Å²) in [5, 5.41) is 21.6. The van der Waals surface area contributed by atoms with Gasteiger partial charge in [0.25, 0.3) is 0 Å². The standard InChI is InChI=1S/C6H2Br2N4O4S/c7-4-5-2(10(8)17-9-5)1-3(11(13)14)6(4)12(15)16/h1,9H. The number of hydrogen-bond donors (Lipinski definition) is 1. The van der Waals surface area contributed by atoms with E-state index in [1.54, 1.807) is 0 Å². The Kier molecular flexibility index (Phi) is 3.14. The topological polar surface area (TPSA) is 102 Å². The molecular weight excluding hydrogens is 384 g/mol. The Morgan fingerprint density at radius 1 is 1.35 bits per heavy atom. The Balaban J connectivity index is 2.76. The van der Waals surface area contributed by atoms with Crippen molar-refractivity contribution in [3.63, 3.8) is 0 Å². The van der Waals surface area contributed by atoms with Crippen LogP contribution in [0.5, 0.6) is 0 Å². The molecule has 11 heteroatoms. The van der Waals surface area contributed by atoms with E-state index in [-0.39, 0.29) is 4.47 Å². The van der Waals surface area contributed by atoms with Crippen LogP contribution in [0.15, 0.2) is 10.5 Å². The minimum atomic E-state index is -0.786. The Morgan fingerprint density at radius 3 is 2.53 bits per heavy atom. The van der Waals surface area contributed by atoms with Crippen molar-refractivity contribution in [2.45, 2.75) is 0 Å². The monoisotopic (exact) mass is 384 g/mol. The maximum absolute atomic E-state index is 10.8. The number of nitrogens with one attached hydrogen (secondary N) is 1. The number of benzene rings is 1. The van der Waals surface area contributed by atoms with Crippen LogP contribution in [0.2, 0.25) is 0 Å². The van der Waals surface area contributed by atoms with E-state index in [2.05, 4.69) is 36.8 Å². The lowest BCUT2D eigenvalue weighted by molar-refractivity contribution is -0.422. The molecule has 8 nitrogen and oxygen atoms in total. The first-order valence-corrected chi connectivity index (χ1v) is 6.25. The lowest BCUT2D eigenvalue weighted by Gasteiger charge is -2.05. The van der Waals surface area contributed by atoms with Crippen LogP contribution in [0.1, 0.15) is 0 Å². The van der Waals surface area contributed by atoms with Crippen molar-refractivity contribution in [1.29, 1.82) is 0 Å². The lowest BCUT2D eigenvalue weighted by atomic mass is 10.2. The molecule has 0 unspecified atom stereocenters. The van der Waals surface area contributed by atoms with E-state index in [4.69, 9.17) is 0 Å². The van der Waals surface area contributed by atoms with Crippen LogP contribution in [0.25, 0.3) is 0 Å². The highest BCUT2D eigenvalue weighted by Gasteiger charge is 2.36. The molecule has 0 saturated heterocycles. The minimum absolute atomic E-state index is 0.0566. The zero-order valence-electron chi connectivity index (χ0n) is 7.72. The fourth-order valence-corrected chi connectivity index (χ4v) is 3.20. The molecule has 0 atom stereocenters. The van der Waals surface area contributed by atoms with Gasteiger partial charge in [-0.2, -0.15) is 0 Å². The predicted molar refractivity (Wildman–Crippen MR) is 70.1 cm³/mol. The Bertz CT molecular complexity index is 539. The molecule has 0 radical (unpaired) electrons. The van der Waals surface area contributed by atoms with Crippen molar-refractivity contribution in [1.82, 2.24) is 0 Å². The van der Waals surface area contributed by atoms with E-state index >= 15 is 0 Å². The molecule has 0 aromatic heterocycles. The second kappa shape index (κ2) is 4.31. The second-order valence-electron chi connectivity index (χ2n) is 2.90. The van der Waals surface area contributed by atoms with E-state index in [0.717, 1.165) is 18.2 Å². The van der Waals surface area contributed by atoms with Gasteiger partial charge in [0.2, 0.25) is 0 Å². The molecule has 1 aliphatic heterocycles. The molecule has 1 aromatic rings. The summed E-state index contributed by atoms with van der Waals surface area (Å²) in [5.74, 6) is 0. The van der Waals surface area contributed by atoms with Gasteiger partial charge in [0.1, 0.15) is 4.47 Å². The Hall–Kier alpha value is -1.07. The number of nitro groups is 2. The number of rotatable bonds is 2. The number of anilines is 2. The maximum Gasteiger partial charge on any atom is 0.362 e. The third-order valence-corrected chi connectivity index (χ3v) is 4.24. The van der Waals surface area contributed by atoms with E-state index in [1.165, 1.54) is 3.33 Å². The van der Waals surface area contributed by atoms with Gasteiger partial charge in [0.05, 0.1) is 55.6 Å². The van der Waals surface area contributed by atoms with Crippen LogP contribution < -0.4 is 8.05 Å². The highest BCUT2D eigenvalue weighted by Crippen LogP contribution is 2.52. The summed E-state index contributed by atoms with van der Waals surface area (Å²) in [5.41, 5.74) is -0.262. The summed E-state index contributed by atoms with van der Waals surface area (Å²) in [6.07, 6.45) is 0. The summed E-state index contributed by atoms with van der Waals surface area (Å²) in [6, 6.07) is 1.14. The molecule has 0 spiro atoms. The molecule has 0 aliphatic carbocycles. The van der Waals surface area contributed by atoms with Crippen LogP contribution in [0.4, 0.5) is 22.7 Å². The maximum atomic E-state index is 10.8. The minimum Gasteiger partial charge on any atom is -0.308 e. The van der Waals surface area contributed by atoms with E-state index in [0.29, 0.717) is 11.4 Å². The third-order valence-electron chi connectivity index (χ3n) is 2.00. The van der Waals surface area contributed by atoms with E-state index < -0.39 is 21.2 Å². The summed E-state index contributed by atoms with van der Waals surface area (Å²) in [6.45, 7) is 0. The largest absolute Gasteiger partial charge is 0.362 e. The number of halogens is 2. The van der Waals surface area contributed by atoms with Gasteiger partial charge in [-0.1, -0.05) is 0 Å². The van der Waals surface area contributed by atoms with E-state index in [1.807, 2.05) is 0 Å². The lowest BCUT2D eigenvalue weighted by Crippen LogP contribution is -1.99. The smallest absolute Gasteiger partial charge is 0.308 e. The molecule has 1 aromatic carbocycles.